The summed E-state index contributed by atoms with van der Waals surface area (Å²) < 4.78 is 0. The van der Waals surface area contributed by atoms with Crippen LogP contribution >= 0.6 is 0 Å². The molecule has 1 N–H and O–H groups in total. The number of piperazine rings is 1. The lowest BCUT2D eigenvalue weighted by Crippen LogP contribution is -2.66. The first-order valence-electron chi connectivity index (χ1n) is 7.81. The molecule has 106 valence electrons. The fourth-order valence-electron chi connectivity index (χ4n) is 3.90. The van der Waals surface area contributed by atoms with Crippen LogP contribution in [0.2, 0.25) is 0 Å². The molecule has 1 atom stereocenters. The van der Waals surface area contributed by atoms with Gasteiger partial charge in [0.15, 0.2) is 0 Å². The summed E-state index contributed by atoms with van der Waals surface area (Å²) >= 11 is 0. The Hall–Kier alpha value is -0.0800. The monoisotopic (exact) mass is 252 g/mol. The van der Waals surface area contributed by atoms with Gasteiger partial charge in [0.2, 0.25) is 0 Å². The minimum absolute atomic E-state index is 0.377. The smallest absolute Gasteiger partial charge is 0.0309 e. The van der Waals surface area contributed by atoms with E-state index in [9.17, 15) is 0 Å². The van der Waals surface area contributed by atoms with Gasteiger partial charge in [0.05, 0.1) is 0 Å². The van der Waals surface area contributed by atoms with E-state index in [1.807, 2.05) is 0 Å². The van der Waals surface area contributed by atoms with Crippen molar-refractivity contribution in [1.29, 1.82) is 0 Å². The minimum atomic E-state index is 0.377. The lowest BCUT2D eigenvalue weighted by atomic mass is 9.80. The van der Waals surface area contributed by atoms with Crippen molar-refractivity contribution >= 4 is 0 Å². The molecule has 18 heavy (non-hydrogen) atoms. The molecule has 1 spiro atoms. The molecule has 1 unspecified atom stereocenters. The Morgan fingerprint density at radius 3 is 2.33 bits per heavy atom. The Balaban J connectivity index is 2.10. The first-order chi connectivity index (χ1) is 8.32. The van der Waals surface area contributed by atoms with Crippen molar-refractivity contribution in [3.8, 4) is 0 Å². The molecule has 1 saturated carbocycles. The van der Waals surface area contributed by atoms with Crippen LogP contribution in [0.5, 0.6) is 0 Å². The van der Waals surface area contributed by atoms with Crippen LogP contribution in [-0.4, -0.2) is 36.1 Å². The van der Waals surface area contributed by atoms with Gasteiger partial charge in [-0.3, -0.25) is 4.90 Å². The quantitative estimate of drug-likeness (QED) is 0.811. The van der Waals surface area contributed by atoms with Crippen molar-refractivity contribution in [2.75, 3.05) is 19.6 Å². The van der Waals surface area contributed by atoms with Crippen LogP contribution in [0.4, 0.5) is 0 Å². The molecule has 1 aliphatic heterocycles. The van der Waals surface area contributed by atoms with Crippen LogP contribution < -0.4 is 5.32 Å². The van der Waals surface area contributed by atoms with Crippen LogP contribution in [0.3, 0.4) is 0 Å². The van der Waals surface area contributed by atoms with Crippen LogP contribution in [0, 0.1) is 11.3 Å². The third kappa shape index (κ3) is 3.08. The standard InChI is InChI=1S/C16H32N2/c1-13(2)11-18-12-16(8-6-7-9-16)17-10-14(18)15(3,4)5/h13-14,17H,6-12H2,1-5H3. The average molecular weight is 252 g/mol. The second-order valence-electron chi connectivity index (χ2n) is 8.07. The summed E-state index contributed by atoms with van der Waals surface area (Å²) in [6.45, 7) is 15.6. The molecule has 1 heterocycles. The molecule has 2 heteroatoms. The Bertz CT molecular complexity index is 271. The van der Waals surface area contributed by atoms with Crippen molar-refractivity contribution in [1.82, 2.24) is 10.2 Å². The average Bonchev–Trinajstić information content (AvgIpc) is 2.63. The van der Waals surface area contributed by atoms with Crippen molar-refractivity contribution in [2.24, 2.45) is 11.3 Å². The lowest BCUT2D eigenvalue weighted by molar-refractivity contribution is 0.0163. The summed E-state index contributed by atoms with van der Waals surface area (Å²) in [5, 5.41) is 3.91. The third-order valence-electron chi connectivity index (χ3n) is 4.78. The molecule has 1 aliphatic carbocycles. The zero-order chi connectivity index (χ0) is 13.4. The zero-order valence-corrected chi connectivity index (χ0v) is 13.1. The van der Waals surface area contributed by atoms with Gasteiger partial charge in [-0.1, -0.05) is 47.5 Å². The summed E-state index contributed by atoms with van der Waals surface area (Å²) in [4.78, 5) is 2.78. The van der Waals surface area contributed by atoms with Crippen molar-refractivity contribution in [3.05, 3.63) is 0 Å². The summed E-state index contributed by atoms with van der Waals surface area (Å²) in [5.74, 6) is 0.770. The number of hydrogen-bond acceptors (Lipinski definition) is 2. The first-order valence-corrected chi connectivity index (χ1v) is 7.81. The molecule has 0 aromatic heterocycles. The SMILES string of the molecule is CC(C)CN1CC2(CCCC2)NCC1C(C)(C)C. The van der Waals surface area contributed by atoms with Crippen LogP contribution in [0.15, 0.2) is 0 Å². The molecule has 0 radical (unpaired) electrons. The molecule has 2 rings (SSSR count). The molecule has 1 saturated heterocycles. The predicted molar refractivity (Wildman–Crippen MR) is 78.9 cm³/mol. The number of nitrogens with one attached hydrogen (secondary N) is 1. The van der Waals surface area contributed by atoms with E-state index in [2.05, 4.69) is 44.8 Å². The Morgan fingerprint density at radius 2 is 1.83 bits per heavy atom. The normalized spacial score (nSPS) is 29.3. The Labute approximate surface area is 114 Å². The molecular weight excluding hydrogens is 220 g/mol. The molecule has 2 fully saturated rings. The van der Waals surface area contributed by atoms with E-state index in [0.29, 0.717) is 17.0 Å². The van der Waals surface area contributed by atoms with E-state index in [-0.39, 0.29) is 0 Å². The van der Waals surface area contributed by atoms with Gasteiger partial charge in [0.1, 0.15) is 0 Å². The summed E-state index contributed by atoms with van der Waals surface area (Å²) in [6.07, 6.45) is 5.61. The van der Waals surface area contributed by atoms with E-state index in [1.165, 1.54) is 45.3 Å². The maximum Gasteiger partial charge on any atom is 0.0309 e. The van der Waals surface area contributed by atoms with E-state index in [4.69, 9.17) is 0 Å². The topological polar surface area (TPSA) is 15.3 Å². The maximum absolute atomic E-state index is 3.91. The van der Waals surface area contributed by atoms with Gasteiger partial charge in [0, 0.05) is 31.2 Å². The molecule has 0 aromatic rings. The lowest BCUT2D eigenvalue weighted by Gasteiger charge is -2.51. The molecule has 2 nitrogen and oxygen atoms in total. The predicted octanol–water partition coefficient (Wildman–Crippen LogP) is 3.28. The van der Waals surface area contributed by atoms with Crippen LogP contribution in [-0.2, 0) is 0 Å². The molecular formula is C16H32N2. The highest BCUT2D eigenvalue weighted by molar-refractivity contribution is 5.03. The minimum Gasteiger partial charge on any atom is -0.308 e. The first kappa shape index (κ1) is 14.3. The molecule has 0 aromatic carbocycles. The van der Waals surface area contributed by atoms with Gasteiger partial charge in [-0.25, -0.2) is 0 Å². The van der Waals surface area contributed by atoms with E-state index in [1.54, 1.807) is 0 Å². The second-order valence-corrected chi connectivity index (χ2v) is 8.07. The van der Waals surface area contributed by atoms with Crippen LogP contribution in [0.25, 0.3) is 0 Å². The maximum atomic E-state index is 3.91. The van der Waals surface area contributed by atoms with Crippen molar-refractivity contribution in [3.63, 3.8) is 0 Å². The van der Waals surface area contributed by atoms with Crippen LogP contribution in [0.1, 0.15) is 60.3 Å². The van der Waals surface area contributed by atoms with Gasteiger partial charge in [-0.2, -0.15) is 0 Å². The van der Waals surface area contributed by atoms with Gasteiger partial charge in [-0.05, 0) is 24.2 Å². The summed E-state index contributed by atoms with van der Waals surface area (Å²) in [6, 6.07) is 0.686. The molecule has 0 bridgehead atoms. The third-order valence-corrected chi connectivity index (χ3v) is 4.78. The van der Waals surface area contributed by atoms with E-state index in [0.717, 1.165) is 5.92 Å². The Morgan fingerprint density at radius 1 is 1.22 bits per heavy atom. The zero-order valence-electron chi connectivity index (χ0n) is 13.1. The van der Waals surface area contributed by atoms with Gasteiger partial charge < -0.3 is 5.32 Å². The van der Waals surface area contributed by atoms with Gasteiger partial charge >= 0.3 is 0 Å². The van der Waals surface area contributed by atoms with Crippen molar-refractivity contribution < 1.29 is 0 Å². The number of hydrogen-bond donors (Lipinski definition) is 1. The Kier molecular flexibility index (Phi) is 4.08. The number of rotatable bonds is 2. The molecule has 0 amide bonds. The van der Waals surface area contributed by atoms with Crippen molar-refractivity contribution in [2.45, 2.75) is 71.9 Å². The van der Waals surface area contributed by atoms with Gasteiger partial charge in [-0.15, -0.1) is 0 Å². The summed E-state index contributed by atoms with van der Waals surface area (Å²) in [5.41, 5.74) is 0.832. The van der Waals surface area contributed by atoms with E-state index < -0.39 is 0 Å². The van der Waals surface area contributed by atoms with Gasteiger partial charge in [0.25, 0.3) is 0 Å². The largest absolute Gasteiger partial charge is 0.308 e. The highest BCUT2D eigenvalue weighted by Crippen LogP contribution is 2.36. The fourth-order valence-corrected chi connectivity index (χ4v) is 3.90. The highest BCUT2D eigenvalue weighted by Gasteiger charge is 2.44. The second kappa shape index (κ2) is 5.13. The highest BCUT2D eigenvalue weighted by atomic mass is 15.3. The summed E-state index contributed by atoms with van der Waals surface area (Å²) in [7, 11) is 0. The fraction of sp³-hybridized carbons (Fsp3) is 1.00. The van der Waals surface area contributed by atoms with E-state index >= 15 is 0 Å². The molecule has 2 aliphatic rings. The number of nitrogens with zero attached hydrogens (tertiary/aromatic N) is 1.